The monoisotopic (exact) mass is 243 g/mol. The molecule has 1 unspecified atom stereocenters. The second-order valence-electron chi connectivity index (χ2n) is 4.57. The van der Waals surface area contributed by atoms with E-state index in [4.69, 9.17) is 5.26 Å². The van der Waals surface area contributed by atoms with Crippen molar-refractivity contribution in [1.82, 2.24) is 10.6 Å². The molecule has 0 bridgehead atoms. The highest BCUT2D eigenvalue weighted by Crippen LogP contribution is 2.17. The summed E-state index contributed by atoms with van der Waals surface area (Å²) in [5.41, 5.74) is 0.807. The number of carbonyl (C=O) groups is 1. The van der Waals surface area contributed by atoms with Crippen LogP contribution < -0.4 is 10.6 Å². The van der Waals surface area contributed by atoms with Crippen LogP contribution in [0.5, 0.6) is 0 Å². The van der Waals surface area contributed by atoms with Crippen LogP contribution in [0, 0.1) is 11.3 Å². The Morgan fingerprint density at radius 2 is 1.94 bits per heavy atom. The van der Waals surface area contributed by atoms with Gasteiger partial charge in [-0.25, -0.2) is 4.79 Å². The molecule has 4 nitrogen and oxygen atoms in total. The number of amides is 2. The molecule has 0 saturated heterocycles. The van der Waals surface area contributed by atoms with E-state index < -0.39 is 6.04 Å². The van der Waals surface area contributed by atoms with Crippen molar-refractivity contribution >= 4 is 6.03 Å². The summed E-state index contributed by atoms with van der Waals surface area (Å²) < 4.78 is 0. The molecule has 0 spiro atoms. The predicted octanol–water partition coefficient (Wildman–Crippen LogP) is 2.49. The average Bonchev–Trinajstić information content (AvgIpc) is 2.90. The Hall–Kier alpha value is -2.02. The van der Waals surface area contributed by atoms with Crippen LogP contribution in [0.1, 0.15) is 37.3 Å². The molecule has 2 amide bonds. The van der Waals surface area contributed by atoms with Crippen LogP contribution >= 0.6 is 0 Å². The summed E-state index contributed by atoms with van der Waals surface area (Å²) in [5, 5.41) is 14.7. The van der Waals surface area contributed by atoms with Crippen molar-refractivity contribution in [2.45, 2.75) is 37.8 Å². The van der Waals surface area contributed by atoms with Crippen LogP contribution in [0.2, 0.25) is 0 Å². The number of nitrogens with one attached hydrogen (secondary N) is 2. The first-order valence-electron chi connectivity index (χ1n) is 6.31. The molecule has 2 N–H and O–H groups in total. The fourth-order valence-electron chi connectivity index (χ4n) is 2.26. The number of nitriles is 1. The summed E-state index contributed by atoms with van der Waals surface area (Å²) >= 11 is 0. The largest absolute Gasteiger partial charge is 0.335 e. The number of hydrogen-bond acceptors (Lipinski definition) is 2. The third-order valence-electron chi connectivity index (χ3n) is 3.23. The van der Waals surface area contributed by atoms with Gasteiger partial charge in [0.2, 0.25) is 0 Å². The summed E-state index contributed by atoms with van der Waals surface area (Å²) in [4.78, 5) is 11.8. The molecule has 0 aromatic heterocycles. The first-order chi connectivity index (χ1) is 8.79. The van der Waals surface area contributed by atoms with Crippen LogP contribution in [0.25, 0.3) is 0 Å². The molecule has 1 atom stereocenters. The normalized spacial score (nSPS) is 16.8. The van der Waals surface area contributed by atoms with E-state index in [2.05, 4.69) is 16.7 Å². The fourth-order valence-corrected chi connectivity index (χ4v) is 2.26. The summed E-state index contributed by atoms with van der Waals surface area (Å²) in [6, 6.07) is 10.8. The zero-order valence-corrected chi connectivity index (χ0v) is 10.2. The van der Waals surface area contributed by atoms with Gasteiger partial charge in [-0.05, 0) is 18.4 Å². The van der Waals surface area contributed by atoms with Crippen molar-refractivity contribution < 1.29 is 4.79 Å². The van der Waals surface area contributed by atoms with Crippen molar-refractivity contribution in [3.05, 3.63) is 35.9 Å². The molecular weight excluding hydrogens is 226 g/mol. The van der Waals surface area contributed by atoms with Crippen molar-refractivity contribution in [3.63, 3.8) is 0 Å². The van der Waals surface area contributed by atoms with E-state index in [9.17, 15) is 4.79 Å². The molecule has 1 fully saturated rings. The average molecular weight is 243 g/mol. The molecule has 2 rings (SSSR count). The number of benzene rings is 1. The Kier molecular flexibility index (Phi) is 4.19. The lowest BCUT2D eigenvalue weighted by molar-refractivity contribution is 0.235. The highest BCUT2D eigenvalue weighted by Gasteiger charge is 2.19. The number of urea groups is 1. The summed E-state index contributed by atoms with van der Waals surface area (Å²) in [6.45, 7) is 0. The lowest BCUT2D eigenvalue weighted by Crippen LogP contribution is -2.42. The van der Waals surface area contributed by atoms with Crippen LogP contribution in [0.4, 0.5) is 4.79 Å². The molecule has 1 aromatic carbocycles. The van der Waals surface area contributed by atoms with Gasteiger partial charge in [-0.3, -0.25) is 0 Å². The molecule has 4 heteroatoms. The number of rotatable bonds is 3. The van der Waals surface area contributed by atoms with Crippen molar-refractivity contribution in [2.75, 3.05) is 0 Å². The minimum atomic E-state index is -0.590. The Bertz CT molecular complexity index is 432. The molecule has 0 aliphatic heterocycles. The molecular formula is C14H17N3O. The summed E-state index contributed by atoms with van der Waals surface area (Å²) in [5.74, 6) is 0. The zero-order valence-electron chi connectivity index (χ0n) is 10.2. The van der Waals surface area contributed by atoms with E-state index in [-0.39, 0.29) is 12.1 Å². The van der Waals surface area contributed by atoms with Gasteiger partial charge in [-0.2, -0.15) is 5.26 Å². The fraction of sp³-hybridized carbons (Fsp3) is 0.429. The van der Waals surface area contributed by atoms with Gasteiger partial charge in [0.1, 0.15) is 6.04 Å². The molecule has 1 aliphatic carbocycles. The first kappa shape index (κ1) is 12.4. The maximum atomic E-state index is 11.8. The number of nitrogens with zero attached hydrogens (tertiary/aromatic N) is 1. The van der Waals surface area contributed by atoms with Crippen molar-refractivity contribution in [3.8, 4) is 6.07 Å². The molecule has 94 valence electrons. The minimum Gasteiger partial charge on any atom is -0.335 e. The standard InChI is InChI=1S/C14H17N3O/c15-10-13(11-6-2-1-3-7-11)17-14(18)16-12-8-4-5-9-12/h1-3,6-7,12-13H,4-5,8-9H2,(H2,16,17,18). The topological polar surface area (TPSA) is 64.9 Å². The smallest absolute Gasteiger partial charge is 0.316 e. The maximum absolute atomic E-state index is 11.8. The minimum absolute atomic E-state index is 0.252. The highest BCUT2D eigenvalue weighted by atomic mass is 16.2. The van der Waals surface area contributed by atoms with Crippen LogP contribution in [0.3, 0.4) is 0 Å². The zero-order chi connectivity index (χ0) is 12.8. The number of carbonyl (C=O) groups excluding carboxylic acids is 1. The first-order valence-corrected chi connectivity index (χ1v) is 6.31. The van der Waals surface area contributed by atoms with Gasteiger partial charge >= 0.3 is 6.03 Å². The molecule has 1 aliphatic rings. The molecule has 0 radical (unpaired) electrons. The van der Waals surface area contributed by atoms with E-state index in [0.29, 0.717) is 0 Å². The quantitative estimate of drug-likeness (QED) is 0.856. The molecule has 0 heterocycles. The molecule has 1 saturated carbocycles. The second-order valence-corrected chi connectivity index (χ2v) is 4.57. The summed E-state index contributed by atoms with van der Waals surface area (Å²) in [7, 11) is 0. The third-order valence-corrected chi connectivity index (χ3v) is 3.23. The Morgan fingerprint density at radius 1 is 1.28 bits per heavy atom. The van der Waals surface area contributed by atoms with Crippen LogP contribution in [0.15, 0.2) is 30.3 Å². The van der Waals surface area contributed by atoms with Gasteiger partial charge in [-0.1, -0.05) is 43.2 Å². The van der Waals surface area contributed by atoms with E-state index in [1.165, 1.54) is 12.8 Å². The Labute approximate surface area is 107 Å². The predicted molar refractivity (Wildman–Crippen MR) is 68.7 cm³/mol. The SMILES string of the molecule is N#CC(NC(=O)NC1CCCC1)c1ccccc1. The third kappa shape index (κ3) is 3.24. The van der Waals surface area contributed by atoms with E-state index in [1.54, 1.807) is 0 Å². The second kappa shape index (κ2) is 6.06. The van der Waals surface area contributed by atoms with Crippen LogP contribution in [-0.2, 0) is 0 Å². The van der Waals surface area contributed by atoms with Gasteiger partial charge in [-0.15, -0.1) is 0 Å². The van der Waals surface area contributed by atoms with E-state index >= 15 is 0 Å². The highest BCUT2D eigenvalue weighted by molar-refractivity contribution is 5.75. The molecule has 18 heavy (non-hydrogen) atoms. The van der Waals surface area contributed by atoms with Gasteiger partial charge < -0.3 is 10.6 Å². The van der Waals surface area contributed by atoms with E-state index in [1.807, 2.05) is 30.3 Å². The number of hydrogen-bond donors (Lipinski definition) is 2. The lowest BCUT2D eigenvalue weighted by Gasteiger charge is -2.16. The lowest BCUT2D eigenvalue weighted by atomic mass is 10.1. The molecule has 1 aromatic rings. The van der Waals surface area contributed by atoms with Gasteiger partial charge in [0.05, 0.1) is 6.07 Å². The van der Waals surface area contributed by atoms with Gasteiger partial charge in [0.25, 0.3) is 0 Å². The van der Waals surface area contributed by atoms with Crippen LogP contribution in [-0.4, -0.2) is 12.1 Å². The Morgan fingerprint density at radius 3 is 2.56 bits per heavy atom. The van der Waals surface area contributed by atoms with Crippen molar-refractivity contribution in [2.24, 2.45) is 0 Å². The summed E-state index contributed by atoms with van der Waals surface area (Å²) in [6.07, 6.45) is 4.42. The van der Waals surface area contributed by atoms with E-state index in [0.717, 1.165) is 18.4 Å². The van der Waals surface area contributed by atoms with Crippen molar-refractivity contribution in [1.29, 1.82) is 5.26 Å². The maximum Gasteiger partial charge on any atom is 0.316 e. The van der Waals surface area contributed by atoms with Gasteiger partial charge in [0.15, 0.2) is 0 Å². The Balaban J connectivity index is 1.90. The van der Waals surface area contributed by atoms with Gasteiger partial charge in [0, 0.05) is 6.04 Å².